The van der Waals surface area contributed by atoms with Crippen LogP contribution >= 0.6 is 24.8 Å². The molecule has 11 heavy (non-hydrogen) atoms. The van der Waals surface area contributed by atoms with Crippen LogP contribution in [0.5, 0.6) is 0 Å². The van der Waals surface area contributed by atoms with Crippen LogP contribution in [0.2, 0.25) is 0 Å². The average Bonchev–Trinajstić information content (AvgIpc) is 1.85. The maximum absolute atomic E-state index is 5.11. The minimum Gasteiger partial charge on any atom is -0.361 e. The maximum atomic E-state index is 5.11. The molecule has 0 aliphatic carbocycles. The van der Waals surface area contributed by atoms with Gasteiger partial charge in [0.05, 0.1) is 18.8 Å². The van der Waals surface area contributed by atoms with Gasteiger partial charge in [-0.05, 0) is 6.92 Å². The summed E-state index contributed by atoms with van der Waals surface area (Å²) >= 11 is 8.76. The molecule has 0 aromatic carbocycles. The van der Waals surface area contributed by atoms with E-state index >= 15 is 0 Å². The summed E-state index contributed by atoms with van der Waals surface area (Å²) in [6, 6.07) is 0. The third-order valence-electron chi connectivity index (χ3n) is 1.42. The highest BCUT2D eigenvalue weighted by Gasteiger charge is 2.28. The molecule has 1 aliphatic heterocycles. The van der Waals surface area contributed by atoms with E-state index in [2.05, 4.69) is 17.9 Å². The molecule has 1 N–H and O–H groups in total. The van der Waals surface area contributed by atoms with Crippen molar-refractivity contribution in [3.05, 3.63) is 0 Å². The van der Waals surface area contributed by atoms with Gasteiger partial charge in [-0.2, -0.15) is 0 Å². The largest absolute Gasteiger partial charge is 0.361 e. The number of thiocarbonyl (C=S) groups is 1. The summed E-state index contributed by atoms with van der Waals surface area (Å²) in [5.74, 6) is 0. The third-order valence-corrected chi connectivity index (χ3v) is 1.63. The van der Waals surface area contributed by atoms with Gasteiger partial charge in [0, 0.05) is 0 Å². The molecule has 1 aliphatic rings. The second-order valence-electron chi connectivity index (χ2n) is 2.81. The van der Waals surface area contributed by atoms with Gasteiger partial charge < -0.3 is 14.8 Å². The van der Waals surface area contributed by atoms with Crippen LogP contribution in [0, 0.1) is 0 Å². The summed E-state index contributed by atoms with van der Waals surface area (Å²) in [5.41, 5.74) is -0.211. The minimum absolute atomic E-state index is 0.211. The normalized spacial score (nSPS) is 22.7. The topological polar surface area (TPSA) is 30.5 Å². The Morgan fingerprint density at radius 2 is 2.09 bits per heavy atom. The Kier molecular flexibility index (Phi) is 3.12. The van der Waals surface area contributed by atoms with Crippen molar-refractivity contribution in [2.45, 2.75) is 12.5 Å². The summed E-state index contributed by atoms with van der Waals surface area (Å²) in [5, 5.41) is 3.00. The fourth-order valence-electron chi connectivity index (χ4n) is 0.965. The molecule has 0 saturated carbocycles. The Bertz CT molecular complexity index is 157. The Labute approximate surface area is 76.8 Å². The van der Waals surface area contributed by atoms with Gasteiger partial charge in [-0.1, -0.05) is 12.2 Å². The predicted octanol–water partition coefficient (Wildman–Crippen LogP) is 0.554. The average molecular weight is 193 g/mol. The van der Waals surface area contributed by atoms with Crippen molar-refractivity contribution in [1.82, 2.24) is 5.32 Å². The van der Waals surface area contributed by atoms with Gasteiger partial charge in [-0.3, -0.25) is 0 Å². The highest BCUT2D eigenvalue weighted by molar-refractivity contribution is 8.11. The molecule has 1 fully saturated rings. The molecular weight excluding hydrogens is 182 g/mol. The van der Waals surface area contributed by atoms with Gasteiger partial charge in [0.2, 0.25) is 0 Å². The summed E-state index contributed by atoms with van der Waals surface area (Å²) in [4.78, 5) is 0. The van der Waals surface area contributed by atoms with Gasteiger partial charge in [0.15, 0.2) is 0 Å². The lowest BCUT2D eigenvalue weighted by atomic mass is 10.1. The maximum Gasteiger partial charge on any atom is 0.146 e. The standard InChI is InChI=1S/C6H11NO2S2/c1-6(7-5(10)11)2-8-4-9-3-6/h2-4H2,1H3,(H2,7,10,11). The van der Waals surface area contributed by atoms with Crippen LogP contribution in [0.15, 0.2) is 0 Å². The van der Waals surface area contributed by atoms with E-state index in [9.17, 15) is 0 Å². The Hall–Kier alpha value is 0.160. The number of thiol groups is 1. The van der Waals surface area contributed by atoms with E-state index in [4.69, 9.17) is 21.7 Å². The van der Waals surface area contributed by atoms with Crippen molar-refractivity contribution < 1.29 is 9.47 Å². The SMILES string of the molecule is CC1(NC(=S)S)COCOC1. The molecule has 0 radical (unpaired) electrons. The molecule has 64 valence electrons. The Morgan fingerprint density at radius 3 is 2.55 bits per heavy atom. The first kappa shape index (κ1) is 9.25. The van der Waals surface area contributed by atoms with Crippen LogP contribution in [0.3, 0.4) is 0 Å². The molecule has 1 heterocycles. The van der Waals surface area contributed by atoms with Crippen molar-refractivity contribution in [3.8, 4) is 0 Å². The van der Waals surface area contributed by atoms with Crippen LogP contribution in [0.1, 0.15) is 6.92 Å². The fourth-order valence-corrected chi connectivity index (χ4v) is 1.48. The quantitative estimate of drug-likeness (QED) is 0.470. The number of rotatable bonds is 1. The molecule has 3 nitrogen and oxygen atoms in total. The van der Waals surface area contributed by atoms with Crippen molar-refractivity contribution in [3.63, 3.8) is 0 Å². The molecule has 1 saturated heterocycles. The lowest BCUT2D eigenvalue weighted by Crippen LogP contribution is -2.53. The summed E-state index contributed by atoms with van der Waals surface area (Å²) in [6.07, 6.45) is 0. The Balaban J connectivity index is 2.43. The number of hydrogen-bond donors (Lipinski definition) is 2. The van der Waals surface area contributed by atoms with Crippen LogP contribution in [-0.2, 0) is 9.47 Å². The lowest BCUT2D eigenvalue weighted by Gasteiger charge is -2.34. The second kappa shape index (κ2) is 3.71. The highest BCUT2D eigenvalue weighted by Crippen LogP contribution is 2.10. The van der Waals surface area contributed by atoms with Crippen LogP contribution in [0.25, 0.3) is 0 Å². The molecular formula is C6H11NO2S2. The van der Waals surface area contributed by atoms with E-state index in [1.54, 1.807) is 0 Å². The lowest BCUT2D eigenvalue weighted by molar-refractivity contribution is -0.134. The van der Waals surface area contributed by atoms with E-state index < -0.39 is 0 Å². The van der Waals surface area contributed by atoms with Crippen molar-refractivity contribution in [1.29, 1.82) is 0 Å². The fraction of sp³-hybridized carbons (Fsp3) is 0.833. The van der Waals surface area contributed by atoms with Gasteiger partial charge in [-0.25, -0.2) is 0 Å². The first-order valence-corrected chi connectivity index (χ1v) is 4.15. The zero-order chi connectivity index (χ0) is 8.32. The second-order valence-corrected chi connectivity index (χ2v) is 3.96. The van der Waals surface area contributed by atoms with E-state index in [0.29, 0.717) is 24.3 Å². The van der Waals surface area contributed by atoms with Crippen LogP contribution in [-0.4, -0.2) is 29.9 Å². The van der Waals surface area contributed by atoms with Gasteiger partial charge in [0.1, 0.15) is 11.1 Å². The summed E-state index contributed by atoms with van der Waals surface area (Å²) in [7, 11) is 0. The molecule has 5 heteroatoms. The van der Waals surface area contributed by atoms with Crippen molar-refractivity contribution in [2.75, 3.05) is 20.0 Å². The zero-order valence-corrected chi connectivity index (χ0v) is 8.00. The number of nitrogens with one attached hydrogen (secondary N) is 1. The molecule has 0 atom stereocenters. The zero-order valence-electron chi connectivity index (χ0n) is 6.29. The first-order valence-electron chi connectivity index (χ1n) is 3.29. The highest BCUT2D eigenvalue weighted by atomic mass is 32.1. The molecule has 0 bridgehead atoms. The van der Waals surface area contributed by atoms with E-state index in [-0.39, 0.29) is 5.54 Å². The number of ether oxygens (including phenoxy) is 2. The minimum atomic E-state index is -0.211. The summed E-state index contributed by atoms with van der Waals surface area (Å²) < 4.78 is 10.7. The van der Waals surface area contributed by atoms with E-state index in [0.717, 1.165) is 0 Å². The van der Waals surface area contributed by atoms with Gasteiger partial charge in [0.25, 0.3) is 0 Å². The third kappa shape index (κ3) is 2.94. The monoisotopic (exact) mass is 193 g/mol. The van der Waals surface area contributed by atoms with E-state index in [1.165, 1.54) is 0 Å². The smallest absolute Gasteiger partial charge is 0.146 e. The molecule has 1 rings (SSSR count). The van der Waals surface area contributed by atoms with Crippen LogP contribution < -0.4 is 5.32 Å². The first-order chi connectivity index (χ1) is 5.12. The molecule has 0 spiro atoms. The molecule has 0 aromatic heterocycles. The summed E-state index contributed by atoms with van der Waals surface area (Å²) in [6.45, 7) is 3.56. The van der Waals surface area contributed by atoms with Crippen molar-refractivity contribution in [2.24, 2.45) is 0 Å². The van der Waals surface area contributed by atoms with Crippen LogP contribution in [0.4, 0.5) is 0 Å². The Morgan fingerprint density at radius 1 is 1.55 bits per heavy atom. The van der Waals surface area contributed by atoms with Gasteiger partial charge >= 0.3 is 0 Å². The number of hydrogen-bond acceptors (Lipinski definition) is 3. The molecule has 0 aromatic rings. The van der Waals surface area contributed by atoms with Gasteiger partial charge in [-0.15, -0.1) is 12.6 Å². The predicted molar refractivity (Wildman–Crippen MR) is 49.9 cm³/mol. The van der Waals surface area contributed by atoms with Crippen molar-refractivity contribution >= 4 is 29.2 Å². The molecule has 0 amide bonds. The van der Waals surface area contributed by atoms with E-state index in [1.807, 2.05) is 6.92 Å². The molecule has 0 unspecified atom stereocenters.